The van der Waals surface area contributed by atoms with Crippen LogP contribution in [-0.2, 0) is 9.47 Å². The maximum Gasteiger partial charge on any atom is 0.0647 e. The van der Waals surface area contributed by atoms with Crippen molar-refractivity contribution in [3.8, 4) is 0 Å². The van der Waals surface area contributed by atoms with Crippen LogP contribution in [-0.4, -0.2) is 31.5 Å². The average Bonchev–Trinajstić information content (AvgIpc) is 2.50. The van der Waals surface area contributed by atoms with Crippen molar-refractivity contribution in [3.63, 3.8) is 0 Å². The molecule has 78 valence electrons. The Bertz CT molecular complexity index is 162. The highest BCUT2D eigenvalue weighted by molar-refractivity contribution is 4.89. The molecule has 2 N–H and O–H groups in total. The zero-order chi connectivity index (χ0) is 9.95. The summed E-state index contributed by atoms with van der Waals surface area (Å²) in [6.45, 7) is 5.69. The Kier molecular flexibility index (Phi) is 3.33. The molecule has 0 bridgehead atoms. The smallest absolute Gasteiger partial charge is 0.0647 e. The van der Waals surface area contributed by atoms with Crippen LogP contribution in [0.2, 0.25) is 0 Å². The molecule has 1 fully saturated rings. The lowest BCUT2D eigenvalue weighted by molar-refractivity contribution is 0.00836. The molecule has 13 heavy (non-hydrogen) atoms. The highest BCUT2D eigenvalue weighted by Crippen LogP contribution is 2.26. The molecule has 0 radical (unpaired) electrons. The summed E-state index contributed by atoms with van der Waals surface area (Å²) < 4.78 is 10.6. The first kappa shape index (κ1) is 11.0. The Labute approximate surface area is 80.6 Å². The molecular formula is C10H21NO2. The van der Waals surface area contributed by atoms with E-state index in [1.54, 1.807) is 7.11 Å². The van der Waals surface area contributed by atoms with Gasteiger partial charge in [-0.1, -0.05) is 0 Å². The van der Waals surface area contributed by atoms with Crippen LogP contribution >= 0.6 is 0 Å². The molecule has 3 heteroatoms. The lowest BCUT2D eigenvalue weighted by Gasteiger charge is -2.28. The van der Waals surface area contributed by atoms with Gasteiger partial charge in [0.2, 0.25) is 0 Å². The Morgan fingerprint density at radius 3 is 2.69 bits per heavy atom. The zero-order valence-electron chi connectivity index (χ0n) is 8.93. The minimum atomic E-state index is -0.101. The van der Waals surface area contributed by atoms with Crippen molar-refractivity contribution < 1.29 is 9.47 Å². The van der Waals surface area contributed by atoms with E-state index < -0.39 is 0 Å². The highest BCUT2D eigenvalue weighted by Gasteiger charge is 2.32. The minimum Gasteiger partial charge on any atom is -0.379 e. The van der Waals surface area contributed by atoms with Crippen LogP contribution in [0.3, 0.4) is 0 Å². The van der Waals surface area contributed by atoms with E-state index in [1.807, 2.05) is 0 Å². The van der Waals surface area contributed by atoms with Gasteiger partial charge in [0, 0.05) is 19.3 Å². The van der Waals surface area contributed by atoms with Gasteiger partial charge in [-0.3, -0.25) is 0 Å². The van der Waals surface area contributed by atoms with Crippen LogP contribution in [0.4, 0.5) is 0 Å². The molecule has 1 saturated heterocycles. The summed E-state index contributed by atoms with van der Waals surface area (Å²) in [5, 5.41) is 0. The fraction of sp³-hybridized carbons (Fsp3) is 1.00. The third-order valence-electron chi connectivity index (χ3n) is 2.91. The average molecular weight is 187 g/mol. The lowest BCUT2D eigenvalue weighted by Crippen LogP contribution is -2.42. The fourth-order valence-corrected chi connectivity index (χ4v) is 1.47. The van der Waals surface area contributed by atoms with Crippen LogP contribution in [0.1, 0.15) is 33.1 Å². The topological polar surface area (TPSA) is 44.5 Å². The number of hydrogen-bond acceptors (Lipinski definition) is 3. The highest BCUT2D eigenvalue weighted by atomic mass is 16.5. The van der Waals surface area contributed by atoms with Gasteiger partial charge < -0.3 is 15.2 Å². The van der Waals surface area contributed by atoms with Crippen LogP contribution in [0, 0.1) is 0 Å². The SMILES string of the molecule is COC(C)(C)CCC1(N)CCOC1. The van der Waals surface area contributed by atoms with E-state index in [2.05, 4.69) is 13.8 Å². The van der Waals surface area contributed by atoms with Gasteiger partial charge in [0.1, 0.15) is 0 Å². The third-order valence-corrected chi connectivity index (χ3v) is 2.91. The zero-order valence-corrected chi connectivity index (χ0v) is 8.93. The van der Waals surface area contributed by atoms with Gasteiger partial charge >= 0.3 is 0 Å². The molecule has 0 aromatic rings. The second-order valence-electron chi connectivity index (χ2n) is 4.63. The summed E-state index contributed by atoms with van der Waals surface area (Å²) >= 11 is 0. The predicted octanol–water partition coefficient (Wildman–Crippen LogP) is 1.31. The van der Waals surface area contributed by atoms with Crippen molar-refractivity contribution in [1.82, 2.24) is 0 Å². The second kappa shape index (κ2) is 3.95. The van der Waals surface area contributed by atoms with E-state index in [-0.39, 0.29) is 11.1 Å². The van der Waals surface area contributed by atoms with Crippen molar-refractivity contribution in [2.24, 2.45) is 5.73 Å². The van der Waals surface area contributed by atoms with Crippen LogP contribution in [0.5, 0.6) is 0 Å². The van der Waals surface area contributed by atoms with Gasteiger partial charge in [0.25, 0.3) is 0 Å². The molecule has 1 unspecified atom stereocenters. The lowest BCUT2D eigenvalue weighted by atomic mass is 9.89. The Morgan fingerprint density at radius 2 is 2.23 bits per heavy atom. The minimum absolute atomic E-state index is 0.0606. The molecule has 1 atom stereocenters. The maximum atomic E-state index is 6.14. The van der Waals surface area contributed by atoms with E-state index in [1.165, 1.54) is 0 Å². The number of rotatable bonds is 4. The standard InChI is InChI=1S/C10H21NO2/c1-9(2,12-3)4-5-10(11)6-7-13-8-10/h4-8,11H2,1-3H3. The molecule has 0 amide bonds. The monoisotopic (exact) mass is 187 g/mol. The van der Waals surface area contributed by atoms with Crippen molar-refractivity contribution in [2.45, 2.75) is 44.2 Å². The number of nitrogens with two attached hydrogens (primary N) is 1. The summed E-state index contributed by atoms with van der Waals surface area (Å²) in [4.78, 5) is 0. The number of hydrogen-bond donors (Lipinski definition) is 1. The summed E-state index contributed by atoms with van der Waals surface area (Å²) in [6.07, 6.45) is 2.95. The van der Waals surface area contributed by atoms with E-state index in [9.17, 15) is 0 Å². The van der Waals surface area contributed by atoms with E-state index in [4.69, 9.17) is 15.2 Å². The van der Waals surface area contributed by atoms with E-state index >= 15 is 0 Å². The van der Waals surface area contributed by atoms with Gasteiger partial charge in [-0.2, -0.15) is 0 Å². The molecule has 0 aromatic carbocycles. The molecular weight excluding hydrogens is 166 g/mol. The quantitative estimate of drug-likeness (QED) is 0.721. The molecule has 0 spiro atoms. The molecule has 1 aliphatic heterocycles. The summed E-state index contributed by atoms with van der Waals surface area (Å²) in [5.74, 6) is 0. The van der Waals surface area contributed by atoms with Crippen LogP contribution in [0.25, 0.3) is 0 Å². The van der Waals surface area contributed by atoms with Crippen molar-refractivity contribution in [3.05, 3.63) is 0 Å². The first-order valence-corrected chi connectivity index (χ1v) is 4.89. The van der Waals surface area contributed by atoms with Crippen LogP contribution in [0.15, 0.2) is 0 Å². The van der Waals surface area contributed by atoms with E-state index in [0.717, 1.165) is 25.9 Å². The predicted molar refractivity (Wildman–Crippen MR) is 52.7 cm³/mol. The first-order valence-electron chi connectivity index (χ1n) is 4.89. The Hall–Kier alpha value is -0.120. The molecule has 1 aliphatic rings. The first-order chi connectivity index (χ1) is 5.97. The Morgan fingerprint density at radius 1 is 1.54 bits per heavy atom. The molecule has 0 aliphatic carbocycles. The van der Waals surface area contributed by atoms with Gasteiger partial charge in [-0.25, -0.2) is 0 Å². The molecule has 3 nitrogen and oxygen atoms in total. The Balaban J connectivity index is 2.32. The summed E-state index contributed by atoms with van der Waals surface area (Å²) in [6, 6.07) is 0. The fourth-order valence-electron chi connectivity index (χ4n) is 1.47. The van der Waals surface area contributed by atoms with Gasteiger partial charge in [-0.15, -0.1) is 0 Å². The molecule has 0 aromatic heterocycles. The van der Waals surface area contributed by atoms with Crippen molar-refractivity contribution >= 4 is 0 Å². The third kappa shape index (κ3) is 3.25. The second-order valence-corrected chi connectivity index (χ2v) is 4.63. The number of ether oxygens (including phenoxy) is 2. The van der Waals surface area contributed by atoms with Crippen LogP contribution < -0.4 is 5.73 Å². The number of methoxy groups -OCH3 is 1. The molecule has 1 rings (SSSR count). The summed E-state index contributed by atoms with van der Waals surface area (Å²) in [5.41, 5.74) is 5.98. The van der Waals surface area contributed by atoms with E-state index in [0.29, 0.717) is 6.61 Å². The molecule has 0 saturated carbocycles. The largest absolute Gasteiger partial charge is 0.379 e. The molecule has 1 heterocycles. The van der Waals surface area contributed by atoms with Gasteiger partial charge in [-0.05, 0) is 33.1 Å². The van der Waals surface area contributed by atoms with Crippen molar-refractivity contribution in [1.29, 1.82) is 0 Å². The van der Waals surface area contributed by atoms with Gasteiger partial charge in [0.05, 0.1) is 12.2 Å². The normalized spacial score (nSPS) is 29.5. The maximum absolute atomic E-state index is 6.14. The summed E-state index contributed by atoms with van der Waals surface area (Å²) in [7, 11) is 1.74. The van der Waals surface area contributed by atoms with Crippen molar-refractivity contribution in [2.75, 3.05) is 20.3 Å². The van der Waals surface area contributed by atoms with Gasteiger partial charge in [0.15, 0.2) is 0 Å².